The first-order valence-electron chi connectivity index (χ1n) is 9.20. The Morgan fingerprint density at radius 1 is 1.31 bits per heavy atom. The monoisotopic (exact) mass is 363 g/mol. The summed E-state index contributed by atoms with van der Waals surface area (Å²) in [6.45, 7) is 8.18. The van der Waals surface area contributed by atoms with Gasteiger partial charge in [-0.2, -0.15) is 10.1 Å². The molecule has 0 amide bonds. The molecule has 0 aromatic carbocycles. The van der Waals surface area contributed by atoms with Crippen molar-refractivity contribution in [2.75, 3.05) is 26.8 Å². The Balaban J connectivity index is 1.46. The zero-order valence-electron chi connectivity index (χ0n) is 16.2. The van der Waals surface area contributed by atoms with Gasteiger partial charge in [0.1, 0.15) is 6.61 Å². The first-order valence-corrected chi connectivity index (χ1v) is 9.20. The van der Waals surface area contributed by atoms with Crippen molar-refractivity contribution in [1.82, 2.24) is 24.8 Å². The van der Waals surface area contributed by atoms with Gasteiger partial charge in [-0.25, -0.2) is 0 Å². The maximum absolute atomic E-state index is 6.07. The second-order valence-electron chi connectivity index (χ2n) is 6.93. The lowest BCUT2D eigenvalue weighted by Crippen LogP contribution is -2.39. The average Bonchev–Trinajstić information content (AvgIpc) is 3.15. The van der Waals surface area contributed by atoms with E-state index < -0.39 is 0 Å². The molecule has 1 unspecified atom stereocenters. The SMILES string of the molecule is COCc1nc(CCOC2CCCN(Cc3c(C)nn(C)c3C)C2)no1. The smallest absolute Gasteiger partial charge is 0.252 e. The van der Waals surface area contributed by atoms with Crippen LogP contribution < -0.4 is 0 Å². The summed E-state index contributed by atoms with van der Waals surface area (Å²) in [5.74, 6) is 1.18. The minimum absolute atomic E-state index is 0.256. The van der Waals surface area contributed by atoms with E-state index >= 15 is 0 Å². The number of ether oxygens (including phenoxy) is 2. The number of likely N-dealkylation sites (tertiary alicyclic amines) is 1. The molecule has 1 aliphatic heterocycles. The molecule has 1 atom stereocenters. The molecule has 8 nitrogen and oxygen atoms in total. The fraction of sp³-hybridized carbons (Fsp3) is 0.722. The molecule has 1 fully saturated rings. The van der Waals surface area contributed by atoms with E-state index in [9.17, 15) is 0 Å². The van der Waals surface area contributed by atoms with Crippen LogP contribution in [0.1, 0.15) is 41.5 Å². The van der Waals surface area contributed by atoms with Gasteiger partial charge in [-0.3, -0.25) is 9.58 Å². The van der Waals surface area contributed by atoms with E-state index in [1.165, 1.54) is 11.3 Å². The van der Waals surface area contributed by atoms with Gasteiger partial charge in [0.25, 0.3) is 5.89 Å². The second-order valence-corrected chi connectivity index (χ2v) is 6.93. The van der Waals surface area contributed by atoms with Gasteiger partial charge in [0.05, 0.1) is 18.4 Å². The summed E-state index contributed by atoms with van der Waals surface area (Å²) in [6.07, 6.45) is 3.17. The zero-order valence-corrected chi connectivity index (χ0v) is 16.2. The quantitative estimate of drug-likeness (QED) is 0.707. The molecule has 144 valence electrons. The van der Waals surface area contributed by atoms with E-state index in [4.69, 9.17) is 14.0 Å². The molecule has 3 rings (SSSR count). The number of methoxy groups -OCH3 is 1. The summed E-state index contributed by atoms with van der Waals surface area (Å²) in [6, 6.07) is 0. The van der Waals surface area contributed by atoms with Gasteiger partial charge in [0.2, 0.25) is 0 Å². The fourth-order valence-corrected chi connectivity index (χ4v) is 3.45. The first-order chi connectivity index (χ1) is 12.6. The largest absolute Gasteiger partial charge is 0.376 e. The van der Waals surface area contributed by atoms with Crippen molar-refractivity contribution in [3.8, 4) is 0 Å². The average molecular weight is 363 g/mol. The van der Waals surface area contributed by atoms with E-state index in [0.717, 1.165) is 38.2 Å². The predicted molar refractivity (Wildman–Crippen MR) is 95.6 cm³/mol. The third-order valence-electron chi connectivity index (χ3n) is 4.96. The molecular formula is C18H29N5O3. The van der Waals surface area contributed by atoms with Crippen molar-refractivity contribution in [1.29, 1.82) is 0 Å². The van der Waals surface area contributed by atoms with E-state index in [1.54, 1.807) is 7.11 Å². The topological polar surface area (TPSA) is 78.4 Å². The van der Waals surface area contributed by atoms with Crippen molar-refractivity contribution in [3.63, 3.8) is 0 Å². The van der Waals surface area contributed by atoms with Crippen LogP contribution in [0, 0.1) is 13.8 Å². The summed E-state index contributed by atoms with van der Waals surface area (Å²) in [5.41, 5.74) is 3.71. The van der Waals surface area contributed by atoms with Crippen molar-refractivity contribution in [3.05, 3.63) is 28.7 Å². The number of hydrogen-bond acceptors (Lipinski definition) is 7. The zero-order chi connectivity index (χ0) is 18.5. The van der Waals surface area contributed by atoms with Crippen LogP contribution in [0.3, 0.4) is 0 Å². The van der Waals surface area contributed by atoms with Gasteiger partial charge in [-0.15, -0.1) is 0 Å². The number of aryl methyl sites for hydroxylation is 2. The van der Waals surface area contributed by atoms with E-state index in [2.05, 4.69) is 34.0 Å². The third kappa shape index (κ3) is 4.69. The van der Waals surface area contributed by atoms with Crippen molar-refractivity contribution in [2.24, 2.45) is 7.05 Å². The van der Waals surface area contributed by atoms with E-state index in [1.807, 2.05) is 11.7 Å². The molecule has 2 aromatic rings. The van der Waals surface area contributed by atoms with Crippen LogP contribution >= 0.6 is 0 Å². The number of aromatic nitrogens is 4. The maximum atomic E-state index is 6.07. The number of rotatable bonds is 8. The van der Waals surface area contributed by atoms with Gasteiger partial charge >= 0.3 is 0 Å². The lowest BCUT2D eigenvalue weighted by Gasteiger charge is -2.32. The highest BCUT2D eigenvalue weighted by molar-refractivity contribution is 5.24. The van der Waals surface area contributed by atoms with Crippen LogP contribution in [-0.2, 0) is 36.1 Å². The van der Waals surface area contributed by atoms with Gasteiger partial charge in [-0.1, -0.05) is 5.16 Å². The molecule has 0 N–H and O–H groups in total. The fourth-order valence-electron chi connectivity index (χ4n) is 3.45. The summed E-state index contributed by atoms with van der Waals surface area (Å²) in [4.78, 5) is 6.74. The summed E-state index contributed by atoms with van der Waals surface area (Å²) >= 11 is 0. The predicted octanol–water partition coefficient (Wildman–Crippen LogP) is 1.79. The Hall–Kier alpha value is -1.77. The van der Waals surface area contributed by atoms with Crippen LogP contribution in [-0.4, -0.2) is 57.7 Å². The van der Waals surface area contributed by atoms with Crippen LogP contribution in [0.2, 0.25) is 0 Å². The minimum atomic E-state index is 0.256. The standard InChI is InChI=1S/C18H29N5O3/c1-13-16(14(2)22(3)20-13)11-23-8-5-6-15(10-23)25-9-7-17-19-18(12-24-4)26-21-17/h15H,5-12H2,1-4H3. The molecular weight excluding hydrogens is 334 g/mol. The van der Waals surface area contributed by atoms with E-state index in [0.29, 0.717) is 31.3 Å². The molecule has 0 radical (unpaired) electrons. The Kier molecular flexibility index (Phi) is 6.39. The third-order valence-corrected chi connectivity index (χ3v) is 4.96. The lowest BCUT2D eigenvalue weighted by molar-refractivity contribution is -0.00185. The molecule has 0 spiro atoms. The molecule has 1 aliphatic rings. The maximum Gasteiger partial charge on any atom is 0.252 e. The highest BCUT2D eigenvalue weighted by Crippen LogP contribution is 2.19. The Morgan fingerprint density at radius 3 is 2.88 bits per heavy atom. The molecule has 26 heavy (non-hydrogen) atoms. The van der Waals surface area contributed by atoms with E-state index in [-0.39, 0.29) is 6.10 Å². The van der Waals surface area contributed by atoms with Crippen molar-refractivity contribution in [2.45, 2.75) is 52.4 Å². The van der Waals surface area contributed by atoms with Crippen LogP contribution in [0.25, 0.3) is 0 Å². The second kappa shape index (κ2) is 8.75. The molecule has 1 saturated heterocycles. The molecule has 0 aliphatic carbocycles. The summed E-state index contributed by atoms with van der Waals surface area (Å²) < 4.78 is 18.1. The Bertz CT molecular complexity index is 712. The van der Waals surface area contributed by atoms with Crippen LogP contribution in [0.4, 0.5) is 0 Å². The Labute approximate surface area is 154 Å². The first kappa shape index (κ1) is 19.0. The van der Waals surface area contributed by atoms with Gasteiger partial charge in [-0.05, 0) is 33.2 Å². The summed E-state index contributed by atoms with van der Waals surface area (Å²) in [7, 11) is 3.61. The highest BCUT2D eigenvalue weighted by atomic mass is 16.5. The highest BCUT2D eigenvalue weighted by Gasteiger charge is 2.22. The van der Waals surface area contributed by atoms with Crippen molar-refractivity contribution < 1.29 is 14.0 Å². The number of hydrogen-bond donors (Lipinski definition) is 0. The molecule has 0 saturated carbocycles. The lowest BCUT2D eigenvalue weighted by atomic mass is 10.1. The Morgan fingerprint density at radius 2 is 2.15 bits per heavy atom. The summed E-state index contributed by atoms with van der Waals surface area (Å²) in [5, 5.41) is 8.46. The normalized spacial score (nSPS) is 18.5. The molecule has 8 heteroatoms. The number of nitrogens with zero attached hydrogens (tertiary/aromatic N) is 5. The minimum Gasteiger partial charge on any atom is -0.376 e. The van der Waals surface area contributed by atoms with Gasteiger partial charge in [0.15, 0.2) is 5.82 Å². The van der Waals surface area contributed by atoms with Gasteiger partial charge < -0.3 is 14.0 Å². The molecule has 0 bridgehead atoms. The molecule has 3 heterocycles. The van der Waals surface area contributed by atoms with Crippen molar-refractivity contribution >= 4 is 0 Å². The van der Waals surface area contributed by atoms with Crippen LogP contribution in [0.5, 0.6) is 0 Å². The van der Waals surface area contributed by atoms with Crippen LogP contribution in [0.15, 0.2) is 4.52 Å². The van der Waals surface area contributed by atoms with Gasteiger partial charge in [0, 0.05) is 44.9 Å². The number of piperidine rings is 1. The molecule has 2 aromatic heterocycles.